The predicted molar refractivity (Wildman–Crippen MR) is 89.4 cm³/mol. The highest BCUT2D eigenvalue weighted by molar-refractivity contribution is 6.42. The van der Waals surface area contributed by atoms with Gasteiger partial charge in [-0.3, -0.25) is 4.79 Å². The van der Waals surface area contributed by atoms with E-state index in [9.17, 15) is 9.90 Å². The number of aliphatic hydroxyl groups is 1. The first-order valence-corrected chi connectivity index (χ1v) is 7.72. The van der Waals surface area contributed by atoms with E-state index in [2.05, 4.69) is 5.32 Å². The van der Waals surface area contributed by atoms with Crippen LogP contribution in [0.5, 0.6) is 0 Å². The van der Waals surface area contributed by atoms with Crippen LogP contribution in [0.25, 0.3) is 0 Å². The number of hydrogen-bond acceptors (Lipinski definition) is 2. The Hall–Kier alpha value is -1.55. The monoisotopic (exact) mass is 337 g/mol. The molecule has 0 spiro atoms. The molecule has 22 heavy (non-hydrogen) atoms. The molecule has 0 saturated carbocycles. The van der Waals surface area contributed by atoms with Gasteiger partial charge in [-0.1, -0.05) is 53.5 Å². The average Bonchev–Trinajstić information content (AvgIpc) is 2.50. The van der Waals surface area contributed by atoms with Gasteiger partial charge in [0, 0.05) is 11.6 Å². The molecule has 0 aliphatic rings. The van der Waals surface area contributed by atoms with Crippen molar-refractivity contribution in [2.24, 2.45) is 0 Å². The summed E-state index contributed by atoms with van der Waals surface area (Å²) in [5.74, 6) is -0.244. The first kappa shape index (κ1) is 16.8. The maximum absolute atomic E-state index is 12.1. The quantitative estimate of drug-likeness (QED) is 0.857. The molecule has 0 aromatic heterocycles. The Bertz CT molecular complexity index is 646. The van der Waals surface area contributed by atoms with Gasteiger partial charge in [-0.15, -0.1) is 0 Å². The Balaban J connectivity index is 1.95. The molecule has 2 atom stereocenters. The van der Waals surface area contributed by atoms with E-state index >= 15 is 0 Å². The molecule has 2 N–H and O–H groups in total. The molecule has 0 saturated heterocycles. The largest absolute Gasteiger partial charge is 0.388 e. The third-order valence-electron chi connectivity index (χ3n) is 3.32. The second-order valence-corrected chi connectivity index (χ2v) is 5.98. The number of nitrogens with one attached hydrogen (secondary N) is 1. The fraction of sp³-hybridized carbons (Fsp3) is 0.235. The van der Waals surface area contributed by atoms with Gasteiger partial charge >= 0.3 is 0 Å². The molecule has 0 bridgehead atoms. The van der Waals surface area contributed by atoms with Gasteiger partial charge in [0.25, 0.3) is 5.91 Å². The van der Waals surface area contributed by atoms with Crippen LogP contribution in [0.3, 0.4) is 0 Å². The third kappa shape index (κ3) is 4.47. The van der Waals surface area contributed by atoms with E-state index in [0.29, 0.717) is 22.0 Å². The van der Waals surface area contributed by atoms with Crippen molar-refractivity contribution in [3.05, 3.63) is 69.7 Å². The summed E-state index contributed by atoms with van der Waals surface area (Å²) in [4.78, 5) is 12.1. The number of amides is 1. The van der Waals surface area contributed by atoms with Crippen LogP contribution in [0.15, 0.2) is 48.5 Å². The molecule has 5 heteroatoms. The van der Waals surface area contributed by atoms with Crippen molar-refractivity contribution in [2.45, 2.75) is 25.5 Å². The second-order valence-electron chi connectivity index (χ2n) is 5.17. The Labute approximate surface area is 139 Å². The fourth-order valence-corrected chi connectivity index (χ4v) is 2.45. The number of aliphatic hydroxyl groups excluding tert-OH is 1. The van der Waals surface area contributed by atoms with Crippen molar-refractivity contribution in [1.82, 2.24) is 5.32 Å². The highest BCUT2D eigenvalue weighted by atomic mass is 35.5. The molecule has 0 radical (unpaired) electrons. The topological polar surface area (TPSA) is 49.3 Å². The molecule has 0 heterocycles. The normalized spacial score (nSPS) is 13.5. The van der Waals surface area contributed by atoms with Crippen molar-refractivity contribution in [2.75, 3.05) is 0 Å². The van der Waals surface area contributed by atoms with Gasteiger partial charge in [0.1, 0.15) is 0 Å². The lowest BCUT2D eigenvalue weighted by Crippen LogP contribution is -2.33. The van der Waals surface area contributed by atoms with Gasteiger partial charge in [0.2, 0.25) is 0 Å². The zero-order valence-electron chi connectivity index (χ0n) is 12.1. The second kappa shape index (κ2) is 7.63. The fourth-order valence-electron chi connectivity index (χ4n) is 2.15. The number of halogens is 2. The summed E-state index contributed by atoms with van der Waals surface area (Å²) in [6.07, 6.45) is -0.192. The highest BCUT2D eigenvalue weighted by Gasteiger charge is 2.15. The first-order valence-electron chi connectivity index (χ1n) is 6.96. The molecule has 2 aromatic rings. The molecular weight excluding hydrogens is 321 g/mol. The Morgan fingerprint density at radius 1 is 1.14 bits per heavy atom. The summed E-state index contributed by atoms with van der Waals surface area (Å²) in [6.45, 7) is 1.85. The molecule has 116 valence electrons. The standard InChI is InChI=1S/C17H17Cl2NO2/c1-11(9-16(21)12-5-3-2-4-6-12)20-17(22)13-7-8-14(18)15(19)10-13/h2-8,10-11,16,21H,9H2,1H3,(H,20,22). The minimum absolute atomic E-state index is 0.183. The lowest BCUT2D eigenvalue weighted by Gasteiger charge is -2.18. The maximum atomic E-state index is 12.1. The number of carbonyl (C=O) groups excluding carboxylic acids is 1. The van der Waals surface area contributed by atoms with Crippen LogP contribution in [-0.2, 0) is 0 Å². The van der Waals surface area contributed by atoms with E-state index in [1.807, 2.05) is 37.3 Å². The maximum Gasteiger partial charge on any atom is 0.251 e. The Morgan fingerprint density at radius 3 is 2.45 bits per heavy atom. The molecule has 0 fully saturated rings. The molecule has 3 nitrogen and oxygen atoms in total. The van der Waals surface area contributed by atoms with Crippen molar-refractivity contribution < 1.29 is 9.90 Å². The summed E-state index contributed by atoms with van der Waals surface area (Å²) in [7, 11) is 0. The van der Waals surface area contributed by atoms with Crippen molar-refractivity contribution >= 4 is 29.1 Å². The summed E-state index contributed by atoms with van der Waals surface area (Å²) < 4.78 is 0. The van der Waals surface area contributed by atoms with Crippen LogP contribution in [0, 0.1) is 0 Å². The van der Waals surface area contributed by atoms with Crippen LogP contribution in [0.4, 0.5) is 0 Å². The Morgan fingerprint density at radius 2 is 1.82 bits per heavy atom. The van der Waals surface area contributed by atoms with Gasteiger partial charge in [-0.25, -0.2) is 0 Å². The van der Waals surface area contributed by atoms with E-state index in [4.69, 9.17) is 23.2 Å². The van der Waals surface area contributed by atoms with Crippen LogP contribution in [0.1, 0.15) is 35.4 Å². The SMILES string of the molecule is CC(CC(O)c1ccccc1)NC(=O)c1ccc(Cl)c(Cl)c1. The lowest BCUT2D eigenvalue weighted by molar-refractivity contribution is 0.0917. The van der Waals surface area contributed by atoms with Crippen LogP contribution in [-0.4, -0.2) is 17.1 Å². The van der Waals surface area contributed by atoms with E-state index in [-0.39, 0.29) is 11.9 Å². The lowest BCUT2D eigenvalue weighted by atomic mass is 10.0. The molecule has 1 amide bonds. The predicted octanol–water partition coefficient (Wildman–Crippen LogP) is 4.24. The first-order chi connectivity index (χ1) is 10.5. The number of benzene rings is 2. The Kier molecular flexibility index (Phi) is 5.83. The van der Waals surface area contributed by atoms with Gasteiger partial charge in [-0.05, 0) is 37.1 Å². The molecule has 2 rings (SSSR count). The average molecular weight is 338 g/mol. The van der Waals surface area contributed by atoms with Crippen molar-refractivity contribution in [3.63, 3.8) is 0 Å². The van der Waals surface area contributed by atoms with Crippen molar-refractivity contribution in [1.29, 1.82) is 0 Å². The third-order valence-corrected chi connectivity index (χ3v) is 4.06. The molecule has 2 unspecified atom stereocenters. The number of rotatable bonds is 5. The van der Waals surface area contributed by atoms with E-state index in [1.54, 1.807) is 12.1 Å². The summed E-state index contributed by atoms with van der Waals surface area (Å²) >= 11 is 11.7. The minimum Gasteiger partial charge on any atom is -0.388 e. The van der Waals surface area contributed by atoms with Crippen LogP contribution >= 0.6 is 23.2 Å². The van der Waals surface area contributed by atoms with Gasteiger partial charge < -0.3 is 10.4 Å². The van der Waals surface area contributed by atoms with Gasteiger partial charge in [0.15, 0.2) is 0 Å². The van der Waals surface area contributed by atoms with Crippen LogP contribution < -0.4 is 5.32 Å². The van der Waals surface area contributed by atoms with E-state index < -0.39 is 6.10 Å². The van der Waals surface area contributed by atoms with E-state index in [0.717, 1.165) is 5.56 Å². The smallest absolute Gasteiger partial charge is 0.251 e. The molecular formula is C17H17Cl2NO2. The number of carbonyl (C=O) groups is 1. The minimum atomic E-state index is -0.620. The number of hydrogen-bond donors (Lipinski definition) is 2. The summed E-state index contributed by atoms with van der Waals surface area (Å²) in [5, 5.41) is 13.8. The summed E-state index contributed by atoms with van der Waals surface area (Å²) in [5.41, 5.74) is 1.27. The van der Waals surface area contributed by atoms with Gasteiger partial charge in [0.05, 0.1) is 16.1 Å². The van der Waals surface area contributed by atoms with Crippen molar-refractivity contribution in [3.8, 4) is 0 Å². The molecule has 0 aliphatic carbocycles. The highest BCUT2D eigenvalue weighted by Crippen LogP contribution is 2.23. The molecule has 0 aliphatic heterocycles. The van der Waals surface area contributed by atoms with Crippen LogP contribution in [0.2, 0.25) is 10.0 Å². The zero-order chi connectivity index (χ0) is 16.1. The summed E-state index contributed by atoms with van der Waals surface area (Å²) in [6, 6.07) is 13.9. The zero-order valence-corrected chi connectivity index (χ0v) is 13.6. The van der Waals surface area contributed by atoms with Gasteiger partial charge in [-0.2, -0.15) is 0 Å². The van der Waals surface area contributed by atoms with E-state index in [1.165, 1.54) is 6.07 Å². The molecule has 2 aromatic carbocycles.